The van der Waals surface area contributed by atoms with E-state index in [1.165, 1.54) is 12.3 Å². The van der Waals surface area contributed by atoms with Crippen molar-refractivity contribution in [1.82, 2.24) is 9.99 Å². The quantitative estimate of drug-likeness (QED) is 0.243. The lowest BCUT2D eigenvalue weighted by molar-refractivity contribution is -0.119. The zero-order valence-electron chi connectivity index (χ0n) is 21.1. The number of rotatable bonds is 9. The average Bonchev–Trinajstić information content (AvgIpc) is 3.16. The van der Waals surface area contributed by atoms with Crippen LogP contribution >= 0.6 is 0 Å². The molecule has 10 heteroatoms. The first-order chi connectivity index (χ1) is 18.1. The molecule has 0 atom stereocenters. The monoisotopic (exact) mass is 534 g/mol. The lowest BCUT2D eigenvalue weighted by atomic mass is 10.2. The number of hydrogen-bond acceptors (Lipinski definition) is 5. The van der Waals surface area contributed by atoms with Gasteiger partial charge < -0.3 is 9.30 Å². The van der Waals surface area contributed by atoms with E-state index in [4.69, 9.17) is 4.74 Å². The highest BCUT2D eigenvalue weighted by Gasteiger charge is 2.21. The van der Waals surface area contributed by atoms with E-state index in [0.29, 0.717) is 28.4 Å². The van der Waals surface area contributed by atoms with Crippen LogP contribution in [0, 0.1) is 19.7 Å². The summed E-state index contributed by atoms with van der Waals surface area (Å²) in [5.41, 5.74) is 5.30. The highest BCUT2D eigenvalue weighted by molar-refractivity contribution is 7.92. The Kier molecular flexibility index (Phi) is 7.92. The number of amides is 1. The van der Waals surface area contributed by atoms with E-state index < -0.39 is 22.5 Å². The number of carbonyl (C=O) groups excluding carboxylic acids is 1. The number of carbonyl (C=O) groups is 1. The van der Waals surface area contributed by atoms with Crippen LogP contribution < -0.4 is 14.5 Å². The van der Waals surface area contributed by atoms with Gasteiger partial charge in [0, 0.05) is 17.0 Å². The first-order valence-corrected chi connectivity index (χ1v) is 13.5. The molecule has 0 spiro atoms. The third-order valence-corrected chi connectivity index (χ3v) is 6.89. The summed E-state index contributed by atoms with van der Waals surface area (Å²) in [5.74, 6) is 0.188. The van der Waals surface area contributed by atoms with E-state index in [9.17, 15) is 17.6 Å². The molecule has 1 N–H and O–H groups in total. The number of hydrogen-bond donors (Lipinski definition) is 1. The zero-order chi connectivity index (χ0) is 27.3. The van der Waals surface area contributed by atoms with E-state index in [1.807, 2.05) is 38.1 Å². The van der Waals surface area contributed by atoms with Crippen LogP contribution in [0.25, 0.3) is 5.69 Å². The number of aryl methyl sites for hydroxylation is 1. The third kappa shape index (κ3) is 6.27. The van der Waals surface area contributed by atoms with Crippen molar-refractivity contribution in [2.75, 3.05) is 17.1 Å². The Morgan fingerprint density at radius 3 is 2.29 bits per heavy atom. The molecule has 196 valence electrons. The molecule has 0 fully saturated rings. The molecule has 1 aromatic heterocycles. The number of para-hydroxylation sites is 2. The molecule has 1 amide bonds. The van der Waals surface area contributed by atoms with Gasteiger partial charge in [-0.1, -0.05) is 30.3 Å². The molecule has 0 aliphatic carbocycles. The summed E-state index contributed by atoms with van der Waals surface area (Å²) in [6.45, 7) is 3.19. The summed E-state index contributed by atoms with van der Waals surface area (Å²) in [6.07, 6.45) is 2.47. The Balaban J connectivity index is 1.44. The van der Waals surface area contributed by atoms with E-state index in [1.54, 1.807) is 59.2 Å². The summed E-state index contributed by atoms with van der Waals surface area (Å²) in [7, 11) is -3.76. The van der Waals surface area contributed by atoms with Crippen molar-refractivity contribution in [1.29, 1.82) is 0 Å². The van der Waals surface area contributed by atoms with Gasteiger partial charge in [-0.3, -0.25) is 9.10 Å². The van der Waals surface area contributed by atoms with Gasteiger partial charge in [0.1, 0.15) is 23.9 Å². The van der Waals surface area contributed by atoms with E-state index in [0.717, 1.165) is 21.9 Å². The molecule has 0 aliphatic rings. The fourth-order valence-corrected chi connectivity index (χ4v) is 4.82. The molecule has 0 saturated carbocycles. The van der Waals surface area contributed by atoms with Gasteiger partial charge >= 0.3 is 0 Å². The first kappa shape index (κ1) is 26.6. The van der Waals surface area contributed by atoms with Crippen molar-refractivity contribution < 1.29 is 22.3 Å². The Morgan fingerprint density at radius 1 is 1.00 bits per heavy atom. The number of anilines is 1. The lowest BCUT2D eigenvalue weighted by Crippen LogP contribution is -2.39. The number of sulfonamides is 1. The fourth-order valence-electron chi connectivity index (χ4n) is 3.97. The minimum Gasteiger partial charge on any atom is -0.457 e. The fraction of sp³-hybridized carbons (Fsp3) is 0.143. The Bertz CT molecular complexity index is 1570. The molecule has 0 bridgehead atoms. The first-order valence-electron chi connectivity index (χ1n) is 11.7. The van der Waals surface area contributed by atoms with Crippen LogP contribution in [-0.2, 0) is 14.8 Å². The Hall–Kier alpha value is -4.44. The van der Waals surface area contributed by atoms with Gasteiger partial charge in [0.15, 0.2) is 0 Å². The van der Waals surface area contributed by atoms with Crippen molar-refractivity contribution in [2.24, 2.45) is 5.10 Å². The topological polar surface area (TPSA) is 93.0 Å². The number of nitrogens with zero attached hydrogens (tertiary/aromatic N) is 3. The predicted molar refractivity (Wildman–Crippen MR) is 146 cm³/mol. The molecule has 4 aromatic rings. The lowest BCUT2D eigenvalue weighted by Gasteiger charge is -2.21. The van der Waals surface area contributed by atoms with Crippen LogP contribution in [-0.4, -0.2) is 37.9 Å². The summed E-state index contributed by atoms with van der Waals surface area (Å²) < 4.78 is 47.6. The second-order valence-electron chi connectivity index (χ2n) is 8.59. The summed E-state index contributed by atoms with van der Waals surface area (Å²) in [6, 6.07) is 23.8. The maximum Gasteiger partial charge on any atom is 0.260 e. The zero-order valence-corrected chi connectivity index (χ0v) is 21.9. The van der Waals surface area contributed by atoms with Gasteiger partial charge in [0.05, 0.1) is 23.8 Å². The highest BCUT2D eigenvalue weighted by Crippen LogP contribution is 2.25. The van der Waals surface area contributed by atoms with Crippen LogP contribution in [0.4, 0.5) is 10.1 Å². The summed E-state index contributed by atoms with van der Waals surface area (Å²) in [5, 5.41) is 3.99. The van der Waals surface area contributed by atoms with Gasteiger partial charge in [-0.2, -0.15) is 5.10 Å². The minimum atomic E-state index is -3.76. The molecule has 4 rings (SSSR count). The molecule has 3 aromatic carbocycles. The van der Waals surface area contributed by atoms with Gasteiger partial charge in [-0.05, 0) is 68.4 Å². The number of ether oxygens (including phenoxy) is 1. The molecule has 8 nitrogen and oxygen atoms in total. The third-order valence-electron chi connectivity index (χ3n) is 5.75. The smallest absolute Gasteiger partial charge is 0.260 e. The second kappa shape index (κ2) is 11.3. The SMILES string of the molecule is Cc1cc(/C=N/NC(=O)CN(c2ccc(Oc3ccccc3)cc2)S(C)(=O)=O)c(C)n1-c1ccccc1F. The van der Waals surface area contributed by atoms with Gasteiger partial charge in [0.25, 0.3) is 5.91 Å². The molecule has 0 unspecified atom stereocenters. The van der Waals surface area contributed by atoms with E-state index in [-0.39, 0.29) is 5.82 Å². The average molecular weight is 535 g/mol. The number of hydrazone groups is 1. The number of nitrogens with one attached hydrogen (secondary N) is 1. The largest absolute Gasteiger partial charge is 0.457 e. The van der Waals surface area contributed by atoms with Crippen molar-refractivity contribution in [3.8, 4) is 17.2 Å². The molecular weight excluding hydrogens is 507 g/mol. The minimum absolute atomic E-state index is 0.306. The standard InChI is InChI=1S/C28H27FN4O4S/c1-20-17-22(21(2)33(20)27-12-8-7-11-26(27)29)18-30-31-28(34)19-32(38(3,35)36)23-13-15-25(16-14-23)37-24-9-5-4-6-10-24/h4-18H,19H2,1-3H3,(H,31,34)/b30-18+. The van der Waals surface area contributed by atoms with Crippen LogP contribution in [0.1, 0.15) is 17.0 Å². The number of aromatic nitrogens is 1. The van der Waals surface area contributed by atoms with E-state index >= 15 is 0 Å². The van der Waals surface area contributed by atoms with Crippen molar-refractivity contribution in [3.05, 3.63) is 108 Å². The Labute approximate surface area is 221 Å². The summed E-state index contributed by atoms with van der Waals surface area (Å²) in [4.78, 5) is 12.6. The van der Waals surface area contributed by atoms with E-state index in [2.05, 4.69) is 10.5 Å². The second-order valence-corrected chi connectivity index (χ2v) is 10.5. The van der Waals surface area contributed by atoms with Gasteiger partial charge in [0.2, 0.25) is 10.0 Å². The molecule has 0 saturated heterocycles. The normalized spacial score (nSPS) is 11.5. The maximum absolute atomic E-state index is 14.3. The Morgan fingerprint density at radius 2 is 1.63 bits per heavy atom. The van der Waals surface area contributed by atoms with Crippen molar-refractivity contribution >= 4 is 27.8 Å². The van der Waals surface area contributed by atoms with Crippen molar-refractivity contribution in [3.63, 3.8) is 0 Å². The predicted octanol–water partition coefficient (Wildman–Crippen LogP) is 4.94. The van der Waals surface area contributed by atoms with Crippen molar-refractivity contribution in [2.45, 2.75) is 13.8 Å². The van der Waals surface area contributed by atoms with Crippen LogP contribution in [0.5, 0.6) is 11.5 Å². The van der Waals surface area contributed by atoms with Gasteiger partial charge in [-0.25, -0.2) is 18.2 Å². The molecule has 0 radical (unpaired) electrons. The molecule has 1 heterocycles. The maximum atomic E-state index is 14.3. The number of benzene rings is 3. The van der Waals surface area contributed by atoms with Crippen LogP contribution in [0.15, 0.2) is 90.0 Å². The molecular formula is C28H27FN4O4S. The molecule has 38 heavy (non-hydrogen) atoms. The summed E-state index contributed by atoms with van der Waals surface area (Å²) >= 11 is 0. The van der Waals surface area contributed by atoms with Crippen LogP contribution in [0.2, 0.25) is 0 Å². The number of halogens is 1. The van der Waals surface area contributed by atoms with Gasteiger partial charge in [-0.15, -0.1) is 0 Å². The highest BCUT2D eigenvalue weighted by atomic mass is 32.2. The van der Waals surface area contributed by atoms with Crippen LogP contribution in [0.3, 0.4) is 0 Å². The molecule has 0 aliphatic heterocycles.